The Labute approximate surface area is 454 Å². The molecule has 0 spiro atoms. The SMILES string of the molecule is C=CCC(=C)/C=C/[C@@](C)(O)[C@H]1O[C@@H]2C[C@@H]3O[C@@H]4C[C@@H]5O[C@@H]6C[C@@H]7O[C@@H]8C[C@@H]9O[C@@H]%10C[C@@H]%11O[C@](C)(CCOS(=O)(=O)[O-])[C@@H](OS(=O)(=O)[O-])C[C@H]%11O[C@H]%10C[C@H]9O[C@H]8CC[C@@]7(C)O[C@@]6(C)CC[C@H](C)[C@H]5O[C@H]4C[C@@]3(C)O[C@H]2CC1=C. The molecule has 0 radical (unpaired) electrons. The summed E-state index contributed by atoms with van der Waals surface area (Å²) in [6, 6.07) is 0. The van der Waals surface area contributed by atoms with Gasteiger partial charge in [-0.15, -0.1) is 6.58 Å². The zero-order chi connectivity index (χ0) is 54.8. The molecule has 0 unspecified atom stereocenters. The van der Waals surface area contributed by atoms with Crippen LogP contribution in [0.4, 0.5) is 0 Å². The Balaban J connectivity index is 0.741. The van der Waals surface area contributed by atoms with Crippen LogP contribution in [-0.2, 0) is 81.3 Å². The molecule has 11 aliphatic rings. The molecular weight excluding hydrogens is 1040 g/mol. The van der Waals surface area contributed by atoms with E-state index in [0.717, 1.165) is 24.0 Å². The van der Waals surface area contributed by atoms with Crippen LogP contribution in [0.3, 0.4) is 0 Å². The van der Waals surface area contributed by atoms with Crippen molar-refractivity contribution in [1.29, 1.82) is 0 Å². The van der Waals surface area contributed by atoms with Crippen molar-refractivity contribution < 1.29 is 91.5 Å². The Hall–Kier alpha value is -1.78. The molecule has 0 bridgehead atoms. The molecule has 0 aromatic heterocycles. The van der Waals surface area contributed by atoms with Crippen molar-refractivity contribution in [2.24, 2.45) is 5.92 Å². The van der Waals surface area contributed by atoms with Crippen LogP contribution in [0.15, 0.2) is 49.1 Å². The summed E-state index contributed by atoms with van der Waals surface area (Å²) in [5.74, 6) is 0.185. The molecule has 77 heavy (non-hydrogen) atoms. The molecular formula is C55H80O20S2-2. The van der Waals surface area contributed by atoms with Gasteiger partial charge in [-0.3, -0.25) is 8.37 Å². The van der Waals surface area contributed by atoms with Gasteiger partial charge in [0.25, 0.3) is 0 Å². The van der Waals surface area contributed by atoms with Gasteiger partial charge in [-0.05, 0) is 84.6 Å². The van der Waals surface area contributed by atoms with Crippen LogP contribution >= 0.6 is 0 Å². The van der Waals surface area contributed by atoms with Gasteiger partial charge in [-0.2, -0.15) is 0 Å². The third-order valence-corrected chi connectivity index (χ3v) is 20.4. The highest BCUT2D eigenvalue weighted by Gasteiger charge is 2.63. The molecule has 25 atom stereocenters. The minimum atomic E-state index is -5.20. The summed E-state index contributed by atoms with van der Waals surface area (Å²) in [6.45, 7) is 23.5. The lowest BCUT2D eigenvalue weighted by Gasteiger charge is -2.59. The first kappa shape index (κ1) is 57.1. The van der Waals surface area contributed by atoms with Gasteiger partial charge in [0.1, 0.15) is 17.8 Å². The van der Waals surface area contributed by atoms with E-state index in [0.29, 0.717) is 70.6 Å². The molecule has 0 aromatic carbocycles. The molecule has 0 amide bonds. The van der Waals surface area contributed by atoms with Crippen molar-refractivity contribution in [2.45, 2.75) is 282 Å². The highest BCUT2D eigenvalue weighted by Crippen LogP contribution is 2.54. The highest BCUT2D eigenvalue weighted by molar-refractivity contribution is 7.81. The topological polar surface area (TPSA) is 255 Å². The number of ether oxygens (including phenoxy) is 11. The average molecular weight is 1130 g/mol. The standard InChI is InChI=1S/C55H82O20S2/c1-10-11-29(2)12-15-51(5,56)50-31(4)20-41-40(71-50)25-45-55(9,73-41)28-44-38(68-45)24-43-49(70-44)30(3)13-16-53(7)47(69-43)27-46-54(8,75-53)17-14-32-33(67-46)21-35-34(64-32)22-36-37(65-35)23-42-39(66-36)26-48(74-77(60,61)62)52(6,72-42)18-19-63-76(57,58)59/h10,12,15,30,32-50,56H,1-2,4,11,13-14,16-28H2,3,5-9H3,(H,57,58,59)(H,60,61,62)/p-2/b15-12+/t30-,32-,33+,34+,35-,36-,37+,38+,39+,40+,41-,42-,43-,44-,45-,46-,47+,48-,49+,50-,51+,52+,53-,54+,55+/m0/s1. The smallest absolute Gasteiger partial charge is 0.218 e. The van der Waals surface area contributed by atoms with Gasteiger partial charge in [-0.1, -0.05) is 43.9 Å². The monoisotopic (exact) mass is 1120 g/mol. The molecule has 0 aromatic rings. The van der Waals surface area contributed by atoms with Gasteiger partial charge in [0.05, 0.1) is 133 Å². The second-order valence-corrected chi connectivity index (χ2v) is 27.5. The molecule has 11 aliphatic heterocycles. The molecule has 0 aliphatic carbocycles. The maximum absolute atomic E-state index is 11.8. The van der Waals surface area contributed by atoms with Gasteiger partial charge in [0.15, 0.2) is 0 Å². The van der Waals surface area contributed by atoms with E-state index >= 15 is 0 Å². The first-order valence-electron chi connectivity index (χ1n) is 28.0. The maximum atomic E-state index is 11.8. The van der Waals surface area contributed by atoms with Gasteiger partial charge in [0.2, 0.25) is 20.8 Å². The molecule has 11 fully saturated rings. The number of rotatable bonds is 11. The Morgan fingerprint density at radius 3 is 1.90 bits per heavy atom. The molecule has 11 saturated heterocycles. The third kappa shape index (κ3) is 11.5. The average Bonchev–Trinajstić information content (AvgIpc) is 3.48. The van der Waals surface area contributed by atoms with E-state index in [-0.39, 0.29) is 98.1 Å². The summed E-state index contributed by atoms with van der Waals surface area (Å²) in [5, 5.41) is 11.6. The van der Waals surface area contributed by atoms with Crippen molar-refractivity contribution in [3.63, 3.8) is 0 Å². The maximum Gasteiger partial charge on any atom is 0.218 e. The fourth-order valence-corrected chi connectivity index (χ4v) is 16.1. The Kier molecular flexibility index (Phi) is 15.4. The Morgan fingerprint density at radius 2 is 1.25 bits per heavy atom. The number of hydrogen-bond acceptors (Lipinski definition) is 20. The lowest BCUT2D eigenvalue weighted by molar-refractivity contribution is -0.346. The summed E-state index contributed by atoms with van der Waals surface area (Å²) >= 11 is 0. The van der Waals surface area contributed by atoms with Gasteiger partial charge < -0.3 is 66.3 Å². The largest absolute Gasteiger partial charge is 0.726 e. The molecule has 1 N–H and O–H groups in total. The number of allylic oxidation sites excluding steroid dienone is 3. The van der Waals surface area contributed by atoms with Gasteiger partial charge in [-0.25, -0.2) is 16.8 Å². The molecule has 434 valence electrons. The summed E-state index contributed by atoms with van der Waals surface area (Å²) in [6.07, 6.45) is 5.77. The molecule has 22 heteroatoms. The predicted octanol–water partition coefficient (Wildman–Crippen LogP) is 5.40. The van der Waals surface area contributed by atoms with Crippen LogP contribution < -0.4 is 0 Å². The minimum absolute atomic E-state index is 0.0424. The summed E-state index contributed by atoms with van der Waals surface area (Å²) < 4.78 is 155. The van der Waals surface area contributed by atoms with Crippen molar-refractivity contribution in [3.8, 4) is 0 Å². The lowest BCUT2D eigenvalue weighted by atomic mass is 9.73. The van der Waals surface area contributed by atoms with Gasteiger partial charge in [0, 0.05) is 57.8 Å². The van der Waals surface area contributed by atoms with Crippen molar-refractivity contribution >= 4 is 20.8 Å². The number of aliphatic hydroxyl groups is 1. The van der Waals surface area contributed by atoms with Crippen LogP contribution in [0.25, 0.3) is 0 Å². The number of hydrogen-bond donors (Lipinski definition) is 1. The quantitative estimate of drug-likeness (QED) is 0.118. The van der Waals surface area contributed by atoms with Crippen LogP contribution in [0, 0.1) is 5.92 Å². The van der Waals surface area contributed by atoms with E-state index in [1.165, 1.54) is 6.92 Å². The minimum Gasteiger partial charge on any atom is -0.726 e. The molecule has 11 rings (SSSR count). The highest BCUT2D eigenvalue weighted by atomic mass is 32.3. The summed E-state index contributed by atoms with van der Waals surface area (Å²) in [5.41, 5.74) is -3.04. The van der Waals surface area contributed by atoms with E-state index in [2.05, 4.69) is 51.6 Å². The van der Waals surface area contributed by atoms with E-state index in [4.69, 9.17) is 56.3 Å². The fourth-order valence-electron chi connectivity index (χ4n) is 15.3. The molecule has 20 nitrogen and oxygen atoms in total. The van der Waals surface area contributed by atoms with Crippen molar-refractivity contribution in [1.82, 2.24) is 0 Å². The van der Waals surface area contributed by atoms with E-state index < -0.39 is 92.0 Å². The third-order valence-electron chi connectivity index (χ3n) is 19.5. The van der Waals surface area contributed by atoms with Gasteiger partial charge >= 0.3 is 0 Å². The Bertz CT molecular complexity index is 2510. The zero-order valence-electron chi connectivity index (χ0n) is 45.2. The van der Waals surface area contributed by atoms with E-state index in [1.54, 1.807) is 19.1 Å². The van der Waals surface area contributed by atoms with E-state index in [1.807, 2.05) is 6.08 Å². The zero-order valence-corrected chi connectivity index (χ0v) is 46.9. The summed E-state index contributed by atoms with van der Waals surface area (Å²) in [4.78, 5) is 0. The lowest BCUT2D eigenvalue weighted by Crippen LogP contribution is -2.68. The van der Waals surface area contributed by atoms with Crippen LogP contribution in [0.2, 0.25) is 0 Å². The first-order valence-corrected chi connectivity index (χ1v) is 30.7. The summed E-state index contributed by atoms with van der Waals surface area (Å²) in [7, 11) is -10.2. The normalized spacial score (nSPS) is 50.5. The van der Waals surface area contributed by atoms with Crippen molar-refractivity contribution in [3.05, 3.63) is 49.1 Å². The predicted molar refractivity (Wildman–Crippen MR) is 271 cm³/mol. The second-order valence-electron chi connectivity index (χ2n) is 25.4. The van der Waals surface area contributed by atoms with Crippen LogP contribution in [-0.4, -0.2) is 182 Å². The fraction of sp³-hybridized carbons (Fsp3) is 0.855. The molecule has 0 saturated carbocycles. The van der Waals surface area contributed by atoms with Crippen LogP contribution in [0.1, 0.15) is 138 Å². The van der Waals surface area contributed by atoms with Crippen molar-refractivity contribution in [2.75, 3.05) is 6.61 Å². The number of fused-ring (bicyclic) bond motifs is 10. The first-order chi connectivity index (χ1) is 36.1. The van der Waals surface area contributed by atoms with Crippen LogP contribution in [0.5, 0.6) is 0 Å². The van der Waals surface area contributed by atoms with E-state index in [9.17, 15) is 31.0 Å². The molecule has 11 heterocycles. The Morgan fingerprint density at radius 1 is 0.688 bits per heavy atom. The second kappa shape index (κ2) is 20.8.